The summed E-state index contributed by atoms with van der Waals surface area (Å²) in [6, 6.07) is 14.5. The first kappa shape index (κ1) is 26.5. The van der Waals surface area contributed by atoms with Crippen LogP contribution in [0.15, 0.2) is 54.6 Å². The van der Waals surface area contributed by atoms with Crippen molar-refractivity contribution in [1.29, 1.82) is 0 Å². The molecule has 1 fully saturated rings. The van der Waals surface area contributed by atoms with Gasteiger partial charge in [-0.05, 0) is 76.9 Å². The third kappa shape index (κ3) is 5.24. The highest BCUT2D eigenvalue weighted by Crippen LogP contribution is 2.35. The molecule has 10 heteroatoms. The smallest absolute Gasteiger partial charge is 0.303 e. The van der Waals surface area contributed by atoms with E-state index in [1.807, 2.05) is 34.7 Å². The monoisotopic (exact) mass is 635 g/mol. The molecule has 1 aliphatic carbocycles. The Morgan fingerprint density at radius 1 is 1.08 bits per heavy atom. The summed E-state index contributed by atoms with van der Waals surface area (Å²) in [6.45, 7) is 1.78. The first-order chi connectivity index (χ1) is 18.2. The van der Waals surface area contributed by atoms with Gasteiger partial charge in [-0.25, -0.2) is 13.2 Å². The summed E-state index contributed by atoms with van der Waals surface area (Å²) in [6.07, 6.45) is 1.86. The topological polar surface area (TPSA) is 70.7 Å². The minimum Gasteiger partial charge on any atom is -0.454 e. The van der Waals surface area contributed by atoms with E-state index in [0.29, 0.717) is 10.1 Å². The molecule has 2 N–H and O–H groups in total. The molecule has 1 atom stereocenters. The SMILES string of the molecule is CC(=O)OC1(CNC2CCc3ccccc32)CN(C(=O)c2ccc(F)c(F)c2Nc2ccc(I)cc2F)C1. The van der Waals surface area contributed by atoms with Crippen LogP contribution in [0.2, 0.25) is 0 Å². The van der Waals surface area contributed by atoms with Crippen LogP contribution in [0.4, 0.5) is 24.5 Å². The van der Waals surface area contributed by atoms with Crippen molar-refractivity contribution in [2.24, 2.45) is 0 Å². The van der Waals surface area contributed by atoms with Gasteiger partial charge in [0.05, 0.1) is 30.0 Å². The van der Waals surface area contributed by atoms with Crippen LogP contribution in [-0.2, 0) is 16.0 Å². The first-order valence-corrected chi connectivity index (χ1v) is 13.2. The summed E-state index contributed by atoms with van der Waals surface area (Å²) in [5.74, 6) is -4.20. The van der Waals surface area contributed by atoms with Crippen LogP contribution in [-0.4, -0.2) is 42.0 Å². The van der Waals surface area contributed by atoms with Gasteiger partial charge in [-0.15, -0.1) is 0 Å². The predicted molar refractivity (Wildman–Crippen MR) is 145 cm³/mol. The summed E-state index contributed by atoms with van der Waals surface area (Å²) >= 11 is 1.93. The van der Waals surface area contributed by atoms with Crippen LogP contribution in [0.5, 0.6) is 0 Å². The van der Waals surface area contributed by atoms with Gasteiger partial charge in [0.1, 0.15) is 5.82 Å². The van der Waals surface area contributed by atoms with E-state index in [1.54, 1.807) is 6.07 Å². The lowest BCUT2D eigenvalue weighted by molar-refractivity contribution is -0.172. The van der Waals surface area contributed by atoms with Gasteiger partial charge in [-0.1, -0.05) is 24.3 Å². The number of halogens is 4. The van der Waals surface area contributed by atoms with Gasteiger partial charge in [0, 0.05) is 23.1 Å². The van der Waals surface area contributed by atoms with Gasteiger partial charge in [-0.3, -0.25) is 9.59 Å². The second-order valence-corrected chi connectivity index (χ2v) is 10.9. The van der Waals surface area contributed by atoms with Crippen molar-refractivity contribution in [3.05, 3.63) is 92.3 Å². The number of carbonyl (C=O) groups excluding carboxylic acids is 2. The molecule has 6 nitrogen and oxygen atoms in total. The second-order valence-electron chi connectivity index (χ2n) is 9.64. The number of likely N-dealkylation sites (tertiary alicyclic amines) is 1. The number of nitrogens with zero attached hydrogens (tertiary/aromatic N) is 1. The molecule has 1 heterocycles. The third-order valence-electron chi connectivity index (χ3n) is 6.93. The fraction of sp³-hybridized carbons (Fsp3) is 0.286. The van der Waals surface area contributed by atoms with Gasteiger partial charge in [0.25, 0.3) is 5.91 Å². The number of fused-ring (bicyclic) bond motifs is 1. The molecule has 0 saturated carbocycles. The van der Waals surface area contributed by atoms with E-state index < -0.39 is 40.6 Å². The zero-order valence-corrected chi connectivity index (χ0v) is 22.7. The number of rotatable bonds is 7. The minimum atomic E-state index is -1.29. The number of nitrogens with one attached hydrogen (secondary N) is 2. The molecule has 5 rings (SSSR count). The van der Waals surface area contributed by atoms with E-state index >= 15 is 0 Å². The maximum atomic E-state index is 14.8. The number of amides is 1. The molecule has 38 heavy (non-hydrogen) atoms. The van der Waals surface area contributed by atoms with Gasteiger partial charge < -0.3 is 20.3 Å². The lowest BCUT2D eigenvalue weighted by Crippen LogP contribution is -2.69. The summed E-state index contributed by atoms with van der Waals surface area (Å²) < 4.78 is 49.6. The Labute approximate surface area is 231 Å². The standard InChI is InChI=1S/C28H25F3IN3O3/c1-16(36)38-28(13-33-23-10-6-17-4-2-3-5-19(17)23)14-35(15-28)27(37)20-8-9-21(29)25(31)26(20)34-24-11-7-18(32)12-22(24)30/h2-5,7-9,11-12,23,33-34H,6,10,13-15H2,1H3. The molecule has 1 amide bonds. The Balaban J connectivity index is 1.33. The average Bonchev–Trinajstić information content (AvgIpc) is 3.27. The molecule has 0 spiro atoms. The second kappa shape index (κ2) is 10.6. The van der Waals surface area contributed by atoms with Gasteiger partial charge >= 0.3 is 5.97 Å². The highest BCUT2D eigenvalue weighted by atomic mass is 127. The molecular formula is C28H25F3IN3O3. The third-order valence-corrected chi connectivity index (χ3v) is 7.60. The largest absolute Gasteiger partial charge is 0.454 e. The quantitative estimate of drug-likeness (QED) is 0.266. The Hall–Kier alpha value is -3.12. The van der Waals surface area contributed by atoms with Crippen molar-refractivity contribution in [2.45, 2.75) is 31.4 Å². The maximum absolute atomic E-state index is 14.8. The van der Waals surface area contributed by atoms with Crippen LogP contribution >= 0.6 is 22.6 Å². The zero-order chi connectivity index (χ0) is 27.0. The number of carbonyl (C=O) groups is 2. The molecule has 1 unspecified atom stereocenters. The van der Waals surface area contributed by atoms with Crippen LogP contribution in [0.3, 0.4) is 0 Å². The van der Waals surface area contributed by atoms with Crippen molar-refractivity contribution in [1.82, 2.24) is 10.2 Å². The number of anilines is 2. The number of ether oxygens (including phenoxy) is 1. The number of hydrogen-bond donors (Lipinski definition) is 2. The molecular weight excluding hydrogens is 610 g/mol. The average molecular weight is 635 g/mol. The summed E-state index contributed by atoms with van der Waals surface area (Å²) in [7, 11) is 0. The zero-order valence-electron chi connectivity index (χ0n) is 20.5. The van der Waals surface area contributed by atoms with E-state index in [0.717, 1.165) is 25.0 Å². The van der Waals surface area contributed by atoms with E-state index in [4.69, 9.17) is 4.74 Å². The molecule has 0 radical (unpaired) electrons. The fourth-order valence-corrected chi connectivity index (χ4v) is 5.59. The molecule has 1 saturated heterocycles. The van der Waals surface area contributed by atoms with Gasteiger partial charge in [0.15, 0.2) is 17.2 Å². The first-order valence-electron chi connectivity index (χ1n) is 12.2. The minimum absolute atomic E-state index is 0.0725. The summed E-state index contributed by atoms with van der Waals surface area (Å²) in [5, 5.41) is 6.02. The van der Waals surface area contributed by atoms with E-state index in [9.17, 15) is 22.8 Å². The lowest BCUT2D eigenvalue weighted by atomic mass is 9.91. The summed E-state index contributed by atoms with van der Waals surface area (Å²) in [5.41, 5.74) is 0.825. The Kier molecular flexibility index (Phi) is 7.36. The van der Waals surface area contributed by atoms with Crippen molar-refractivity contribution in [3.8, 4) is 0 Å². The van der Waals surface area contributed by atoms with Crippen LogP contribution < -0.4 is 10.6 Å². The highest BCUT2D eigenvalue weighted by Gasteiger charge is 2.49. The molecule has 0 bridgehead atoms. The van der Waals surface area contributed by atoms with E-state index in [-0.39, 0.29) is 30.4 Å². The molecule has 0 aromatic heterocycles. The van der Waals surface area contributed by atoms with Crippen molar-refractivity contribution < 1.29 is 27.5 Å². The van der Waals surface area contributed by atoms with Gasteiger partial charge in [0.2, 0.25) is 0 Å². The fourth-order valence-electron chi connectivity index (χ4n) is 5.14. The van der Waals surface area contributed by atoms with Crippen molar-refractivity contribution in [2.75, 3.05) is 25.0 Å². The number of hydrogen-bond acceptors (Lipinski definition) is 5. The van der Waals surface area contributed by atoms with Crippen LogP contribution in [0, 0.1) is 21.0 Å². The maximum Gasteiger partial charge on any atom is 0.303 e. The molecule has 3 aromatic carbocycles. The van der Waals surface area contributed by atoms with Gasteiger partial charge in [-0.2, -0.15) is 0 Å². The number of esters is 1. The molecule has 1 aliphatic heterocycles. The normalized spacial score (nSPS) is 17.5. The van der Waals surface area contributed by atoms with Crippen molar-refractivity contribution >= 4 is 45.8 Å². The number of aryl methyl sites for hydroxylation is 1. The molecule has 198 valence electrons. The van der Waals surface area contributed by atoms with E-state index in [2.05, 4.69) is 22.8 Å². The Morgan fingerprint density at radius 3 is 2.58 bits per heavy atom. The Bertz CT molecular complexity index is 1410. The Morgan fingerprint density at radius 2 is 1.84 bits per heavy atom. The predicted octanol–water partition coefficient (Wildman–Crippen LogP) is 5.49. The van der Waals surface area contributed by atoms with Crippen molar-refractivity contribution in [3.63, 3.8) is 0 Å². The molecule has 3 aromatic rings. The van der Waals surface area contributed by atoms with E-state index in [1.165, 1.54) is 35.1 Å². The van der Waals surface area contributed by atoms with Crippen LogP contribution in [0.1, 0.15) is 40.9 Å². The number of benzene rings is 3. The van der Waals surface area contributed by atoms with Crippen LogP contribution in [0.25, 0.3) is 0 Å². The highest BCUT2D eigenvalue weighted by molar-refractivity contribution is 14.1. The lowest BCUT2D eigenvalue weighted by Gasteiger charge is -2.49. The molecule has 2 aliphatic rings. The summed E-state index contributed by atoms with van der Waals surface area (Å²) in [4.78, 5) is 26.7.